The highest BCUT2D eigenvalue weighted by molar-refractivity contribution is 9.10. The van der Waals surface area contributed by atoms with E-state index in [0.717, 1.165) is 28.4 Å². The number of nitrogens with zero attached hydrogens (tertiary/aromatic N) is 2. The normalized spacial score (nSPS) is 12.1. The largest absolute Gasteiger partial charge is 0.354 e. The summed E-state index contributed by atoms with van der Waals surface area (Å²) in [4.78, 5) is 27.6. The van der Waals surface area contributed by atoms with Gasteiger partial charge in [0.2, 0.25) is 21.8 Å². The molecule has 7 nitrogen and oxygen atoms in total. The van der Waals surface area contributed by atoms with Gasteiger partial charge in [0, 0.05) is 30.5 Å². The molecule has 0 heterocycles. The number of rotatable bonds is 13. The van der Waals surface area contributed by atoms with Crippen LogP contribution in [0.4, 0.5) is 5.69 Å². The fraction of sp³-hybridized carbons (Fsp3) is 0.462. The molecule has 0 aliphatic rings. The first-order chi connectivity index (χ1) is 16.5. The zero-order valence-corrected chi connectivity index (χ0v) is 23.4. The number of hydrogen-bond donors (Lipinski definition) is 1. The van der Waals surface area contributed by atoms with Crippen LogP contribution in [0.25, 0.3) is 0 Å². The smallest absolute Gasteiger partial charge is 0.242 e. The third kappa shape index (κ3) is 9.29. The molecule has 1 N–H and O–H groups in total. The second-order valence-corrected chi connectivity index (χ2v) is 11.6. The first-order valence-corrected chi connectivity index (χ1v) is 14.5. The van der Waals surface area contributed by atoms with Crippen molar-refractivity contribution in [2.45, 2.75) is 59.0 Å². The molecule has 0 aliphatic heterocycles. The van der Waals surface area contributed by atoms with E-state index in [4.69, 9.17) is 0 Å². The lowest BCUT2D eigenvalue weighted by atomic mass is 10.1. The van der Waals surface area contributed by atoms with Gasteiger partial charge in [0.1, 0.15) is 6.04 Å². The molecule has 192 valence electrons. The summed E-state index contributed by atoms with van der Waals surface area (Å²) in [5.41, 5.74) is 2.43. The Hall–Kier alpha value is -2.39. The van der Waals surface area contributed by atoms with Crippen molar-refractivity contribution in [3.63, 3.8) is 0 Å². The molecule has 0 radical (unpaired) electrons. The molecule has 1 atom stereocenters. The standard InChI is InChI=1S/C26H36BrN3O4S/c1-5-6-15-28-26(32)21(3)29(19-22-11-8-12-23(27)18-22)25(31)14-9-16-30(35(4,33)34)24-13-7-10-20(2)17-24/h7-8,10-13,17-18,21H,5-6,9,14-16,19H2,1-4H3,(H,28,32)/t21-/m1/s1. The third-order valence-electron chi connectivity index (χ3n) is 5.68. The van der Waals surface area contributed by atoms with Gasteiger partial charge in [-0.2, -0.15) is 0 Å². The number of aryl methyl sites for hydroxylation is 1. The maximum atomic E-state index is 13.3. The SMILES string of the molecule is CCCCNC(=O)[C@@H](C)N(Cc1cccc(Br)c1)C(=O)CCCN(c1cccc(C)c1)S(C)(=O)=O. The predicted octanol–water partition coefficient (Wildman–Crippen LogP) is 4.64. The van der Waals surface area contributed by atoms with Gasteiger partial charge in [0.25, 0.3) is 0 Å². The summed E-state index contributed by atoms with van der Waals surface area (Å²) >= 11 is 3.46. The second kappa shape index (κ2) is 13.6. The van der Waals surface area contributed by atoms with Crippen molar-refractivity contribution in [1.82, 2.24) is 10.2 Å². The van der Waals surface area contributed by atoms with Gasteiger partial charge in [-0.15, -0.1) is 0 Å². The van der Waals surface area contributed by atoms with E-state index in [0.29, 0.717) is 18.7 Å². The van der Waals surface area contributed by atoms with Crippen molar-refractivity contribution >= 4 is 43.5 Å². The monoisotopic (exact) mass is 565 g/mol. The van der Waals surface area contributed by atoms with E-state index in [1.54, 1.807) is 17.9 Å². The van der Waals surface area contributed by atoms with E-state index in [1.165, 1.54) is 10.6 Å². The quantitative estimate of drug-likeness (QED) is 0.358. The molecule has 9 heteroatoms. The van der Waals surface area contributed by atoms with Crippen LogP contribution in [0.2, 0.25) is 0 Å². The van der Waals surface area contributed by atoms with Crippen molar-refractivity contribution < 1.29 is 18.0 Å². The molecule has 0 fully saturated rings. The van der Waals surface area contributed by atoms with Crippen molar-refractivity contribution in [2.75, 3.05) is 23.7 Å². The zero-order chi connectivity index (χ0) is 26.0. The summed E-state index contributed by atoms with van der Waals surface area (Å²) in [6.45, 7) is 6.71. The average Bonchev–Trinajstić information content (AvgIpc) is 2.79. The number of anilines is 1. The number of amides is 2. The Bertz CT molecular complexity index is 1110. The topological polar surface area (TPSA) is 86.8 Å². The maximum absolute atomic E-state index is 13.3. The summed E-state index contributed by atoms with van der Waals surface area (Å²) in [5.74, 6) is -0.389. The summed E-state index contributed by atoms with van der Waals surface area (Å²) in [6, 6.07) is 14.2. The van der Waals surface area contributed by atoms with Crippen molar-refractivity contribution in [1.29, 1.82) is 0 Å². The Labute approximate surface area is 218 Å². The number of unbranched alkanes of at least 4 members (excludes halogenated alkanes) is 1. The highest BCUT2D eigenvalue weighted by Crippen LogP contribution is 2.21. The number of halogens is 1. The lowest BCUT2D eigenvalue weighted by Gasteiger charge is -2.29. The van der Waals surface area contributed by atoms with Gasteiger partial charge in [0.15, 0.2) is 0 Å². The molecule has 2 amide bonds. The minimum absolute atomic E-state index is 0.123. The molecule has 0 unspecified atom stereocenters. The Kier molecular flexibility index (Phi) is 11.2. The van der Waals surface area contributed by atoms with Gasteiger partial charge in [-0.3, -0.25) is 13.9 Å². The highest BCUT2D eigenvalue weighted by atomic mass is 79.9. The van der Waals surface area contributed by atoms with Crippen LogP contribution in [0.15, 0.2) is 53.0 Å². The lowest BCUT2D eigenvalue weighted by Crippen LogP contribution is -2.48. The summed E-state index contributed by atoms with van der Waals surface area (Å²) in [5, 5.41) is 2.91. The minimum atomic E-state index is -3.51. The van der Waals surface area contributed by atoms with Gasteiger partial charge in [0.05, 0.1) is 11.9 Å². The van der Waals surface area contributed by atoms with E-state index < -0.39 is 16.1 Å². The van der Waals surface area contributed by atoms with Gasteiger partial charge in [-0.25, -0.2) is 8.42 Å². The number of sulfonamides is 1. The maximum Gasteiger partial charge on any atom is 0.242 e. The third-order valence-corrected chi connectivity index (χ3v) is 7.37. The molecule has 0 saturated carbocycles. The predicted molar refractivity (Wildman–Crippen MR) is 145 cm³/mol. The Morgan fingerprint density at radius 2 is 1.80 bits per heavy atom. The zero-order valence-electron chi connectivity index (χ0n) is 21.0. The van der Waals surface area contributed by atoms with Crippen LogP contribution in [0, 0.1) is 6.92 Å². The van der Waals surface area contributed by atoms with E-state index in [-0.39, 0.29) is 31.3 Å². The number of carbonyl (C=O) groups is 2. The first-order valence-electron chi connectivity index (χ1n) is 11.9. The summed E-state index contributed by atoms with van der Waals surface area (Å²) in [6.07, 6.45) is 3.46. The van der Waals surface area contributed by atoms with Gasteiger partial charge in [-0.05, 0) is 62.1 Å². The molecular weight excluding hydrogens is 530 g/mol. The first kappa shape index (κ1) is 28.8. The number of hydrogen-bond acceptors (Lipinski definition) is 4. The van der Waals surface area contributed by atoms with E-state index in [9.17, 15) is 18.0 Å². The Morgan fingerprint density at radius 1 is 1.09 bits per heavy atom. The molecular formula is C26H36BrN3O4S. The van der Waals surface area contributed by atoms with E-state index in [1.807, 2.05) is 49.4 Å². The molecule has 0 spiro atoms. The number of nitrogens with one attached hydrogen (secondary N) is 1. The van der Waals surface area contributed by atoms with E-state index >= 15 is 0 Å². The molecule has 35 heavy (non-hydrogen) atoms. The molecule has 2 aromatic carbocycles. The lowest BCUT2D eigenvalue weighted by molar-refractivity contribution is -0.140. The molecule has 0 bridgehead atoms. The fourth-order valence-electron chi connectivity index (χ4n) is 3.74. The highest BCUT2D eigenvalue weighted by Gasteiger charge is 2.26. The van der Waals surface area contributed by atoms with Crippen molar-refractivity contribution in [3.05, 3.63) is 64.1 Å². The minimum Gasteiger partial charge on any atom is -0.354 e. The molecule has 0 saturated heterocycles. The molecule has 2 rings (SSSR count). The van der Waals surface area contributed by atoms with Crippen molar-refractivity contribution in [3.8, 4) is 0 Å². The van der Waals surface area contributed by atoms with Gasteiger partial charge >= 0.3 is 0 Å². The van der Waals surface area contributed by atoms with Crippen molar-refractivity contribution in [2.24, 2.45) is 0 Å². The fourth-order valence-corrected chi connectivity index (χ4v) is 5.14. The molecule has 0 aromatic heterocycles. The Morgan fingerprint density at radius 3 is 2.43 bits per heavy atom. The summed E-state index contributed by atoms with van der Waals surface area (Å²) < 4.78 is 27.1. The van der Waals surface area contributed by atoms with Crippen LogP contribution in [-0.4, -0.2) is 50.5 Å². The summed E-state index contributed by atoms with van der Waals surface area (Å²) in [7, 11) is -3.51. The van der Waals surface area contributed by atoms with Crippen LogP contribution in [-0.2, 0) is 26.2 Å². The van der Waals surface area contributed by atoms with Gasteiger partial charge < -0.3 is 10.2 Å². The number of benzene rings is 2. The molecule has 2 aromatic rings. The van der Waals surface area contributed by atoms with Crippen LogP contribution in [0.3, 0.4) is 0 Å². The van der Waals surface area contributed by atoms with Crippen LogP contribution in [0.1, 0.15) is 50.7 Å². The van der Waals surface area contributed by atoms with Crippen LogP contribution < -0.4 is 9.62 Å². The van der Waals surface area contributed by atoms with Crippen LogP contribution >= 0.6 is 15.9 Å². The Balaban J connectivity index is 2.14. The van der Waals surface area contributed by atoms with E-state index in [2.05, 4.69) is 28.2 Å². The average molecular weight is 567 g/mol. The van der Waals surface area contributed by atoms with Gasteiger partial charge in [-0.1, -0.05) is 53.5 Å². The second-order valence-electron chi connectivity index (χ2n) is 8.75. The van der Waals surface area contributed by atoms with Crippen LogP contribution in [0.5, 0.6) is 0 Å². The number of carbonyl (C=O) groups excluding carboxylic acids is 2. The molecule has 0 aliphatic carbocycles.